The second-order valence-corrected chi connectivity index (χ2v) is 4.27. The zero-order chi connectivity index (χ0) is 13.8. The second-order valence-electron chi connectivity index (χ2n) is 4.27. The van der Waals surface area contributed by atoms with Crippen LogP contribution in [0.2, 0.25) is 0 Å². The van der Waals surface area contributed by atoms with E-state index in [0.717, 1.165) is 16.8 Å². The highest BCUT2D eigenvalue weighted by atomic mass is 16.6. The van der Waals surface area contributed by atoms with Crippen LogP contribution in [0, 0.1) is 0 Å². The standard InChI is InChI=1S/C16H12N2O2/c19-16-12-18(17-20-16)15-9-5-4-8-14(15)11-10-13-6-2-1-3-7-13/h1-12H/b11-10+. The molecule has 0 atom stereocenters. The van der Waals surface area contributed by atoms with E-state index < -0.39 is 5.95 Å². The van der Waals surface area contributed by atoms with Crippen LogP contribution < -0.4 is 9.79 Å². The quantitative estimate of drug-likeness (QED) is 0.538. The summed E-state index contributed by atoms with van der Waals surface area (Å²) in [6, 6.07) is 17.7. The Morgan fingerprint density at radius 3 is 2.45 bits per heavy atom. The molecule has 1 heterocycles. The molecule has 0 fully saturated rings. The van der Waals surface area contributed by atoms with Gasteiger partial charge in [-0.15, -0.1) is 0 Å². The van der Waals surface area contributed by atoms with Crippen LogP contribution >= 0.6 is 0 Å². The van der Waals surface area contributed by atoms with Gasteiger partial charge in [0.25, 0.3) is 0 Å². The third kappa shape index (κ3) is 2.59. The normalized spacial score (nSPS) is 11.0. The highest BCUT2D eigenvalue weighted by Crippen LogP contribution is 2.13. The van der Waals surface area contributed by atoms with E-state index in [1.54, 1.807) is 0 Å². The molecule has 3 aromatic rings. The summed E-state index contributed by atoms with van der Waals surface area (Å²) in [4.78, 5) is 0. The predicted octanol–water partition coefficient (Wildman–Crippen LogP) is 2.20. The molecule has 0 saturated heterocycles. The monoisotopic (exact) mass is 264 g/mol. The van der Waals surface area contributed by atoms with Crippen molar-refractivity contribution in [2.75, 3.05) is 0 Å². The Balaban J connectivity index is 1.96. The summed E-state index contributed by atoms with van der Waals surface area (Å²) in [5.41, 5.74) is 2.86. The van der Waals surface area contributed by atoms with Crippen molar-refractivity contribution < 1.29 is 14.3 Å². The second kappa shape index (κ2) is 5.40. The van der Waals surface area contributed by atoms with E-state index in [0.29, 0.717) is 0 Å². The van der Waals surface area contributed by atoms with Gasteiger partial charge in [0, 0.05) is 11.6 Å². The Kier molecular flexibility index (Phi) is 3.29. The molecule has 0 spiro atoms. The van der Waals surface area contributed by atoms with Crippen molar-refractivity contribution in [3.63, 3.8) is 0 Å². The van der Waals surface area contributed by atoms with Gasteiger partial charge >= 0.3 is 0 Å². The Morgan fingerprint density at radius 2 is 1.70 bits per heavy atom. The maximum absolute atomic E-state index is 11.1. The Bertz CT molecular complexity index is 733. The first kappa shape index (κ1) is 12.2. The number of aromatic nitrogens is 2. The SMILES string of the molecule is [O-]c1c[n+](-c2ccccc2/C=C/c2ccccc2)no1. The first-order valence-corrected chi connectivity index (χ1v) is 6.21. The van der Waals surface area contributed by atoms with Crippen LogP contribution in [0.3, 0.4) is 0 Å². The molecule has 2 aromatic carbocycles. The van der Waals surface area contributed by atoms with Gasteiger partial charge in [-0.3, -0.25) is 0 Å². The topological polar surface area (TPSA) is 53.0 Å². The third-order valence-electron chi connectivity index (χ3n) is 2.88. The summed E-state index contributed by atoms with van der Waals surface area (Å²) in [7, 11) is 0. The molecule has 0 aliphatic rings. The smallest absolute Gasteiger partial charge is 0.246 e. The minimum absolute atomic E-state index is 0.466. The number of benzene rings is 2. The van der Waals surface area contributed by atoms with Crippen molar-refractivity contribution in [1.82, 2.24) is 5.27 Å². The number of hydrogen-bond donors (Lipinski definition) is 0. The summed E-state index contributed by atoms with van der Waals surface area (Å²) in [5.74, 6) is -0.466. The van der Waals surface area contributed by atoms with E-state index in [9.17, 15) is 5.11 Å². The van der Waals surface area contributed by atoms with Crippen molar-refractivity contribution in [2.45, 2.75) is 0 Å². The van der Waals surface area contributed by atoms with Gasteiger partial charge < -0.3 is 9.63 Å². The molecule has 0 N–H and O–H groups in total. The van der Waals surface area contributed by atoms with Gasteiger partial charge in [-0.1, -0.05) is 48.5 Å². The number of para-hydroxylation sites is 1. The van der Waals surface area contributed by atoms with Crippen LogP contribution in [0.1, 0.15) is 11.1 Å². The van der Waals surface area contributed by atoms with Crippen LogP contribution in [-0.2, 0) is 0 Å². The molecular formula is C16H12N2O2. The average Bonchev–Trinajstić information content (AvgIpc) is 2.93. The summed E-state index contributed by atoms with van der Waals surface area (Å²) in [6.45, 7) is 0. The molecule has 0 aliphatic heterocycles. The molecule has 0 radical (unpaired) electrons. The van der Waals surface area contributed by atoms with Crippen LogP contribution in [-0.4, -0.2) is 5.27 Å². The van der Waals surface area contributed by atoms with Gasteiger partial charge in [0.15, 0.2) is 0 Å². The highest BCUT2D eigenvalue weighted by molar-refractivity contribution is 5.72. The lowest BCUT2D eigenvalue weighted by molar-refractivity contribution is -0.670. The summed E-state index contributed by atoms with van der Waals surface area (Å²) in [6.07, 6.45) is 5.31. The molecular weight excluding hydrogens is 252 g/mol. The molecule has 1 aromatic heterocycles. The van der Waals surface area contributed by atoms with Crippen molar-refractivity contribution in [3.8, 4) is 11.6 Å². The van der Waals surface area contributed by atoms with Gasteiger partial charge in [0.2, 0.25) is 11.9 Å². The molecule has 0 saturated carbocycles. The lowest BCUT2D eigenvalue weighted by Crippen LogP contribution is -2.32. The van der Waals surface area contributed by atoms with Gasteiger partial charge in [0.05, 0.1) is 5.27 Å². The van der Waals surface area contributed by atoms with Gasteiger partial charge in [-0.25, -0.2) is 0 Å². The van der Waals surface area contributed by atoms with E-state index in [2.05, 4.69) is 9.79 Å². The molecule has 98 valence electrons. The maximum Gasteiger partial charge on any atom is 0.246 e. The molecule has 0 bridgehead atoms. The van der Waals surface area contributed by atoms with E-state index in [-0.39, 0.29) is 0 Å². The van der Waals surface area contributed by atoms with E-state index in [4.69, 9.17) is 0 Å². The van der Waals surface area contributed by atoms with Gasteiger partial charge in [-0.05, 0) is 22.4 Å². The lowest BCUT2D eigenvalue weighted by atomic mass is 10.1. The van der Waals surface area contributed by atoms with E-state index in [1.807, 2.05) is 66.7 Å². The Labute approximate surface area is 116 Å². The molecule has 3 rings (SSSR count). The average molecular weight is 264 g/mol. The maximum atomic E-state index is 11.1. The molecule has 20 heavy (non-hydrogen) atoms. The largest absolute Gasteiger partial charge is 0.539 e. The molecule has 4 heteroatoms. The Morgan fingerprint density at radius 1 is 0.950 bits per heavy atom. The highest BCUT2D eigenvalue weighted by Gasteiger charge is 2.12. The third-order valence-corrected chi connectivity index (χ3v) is 2.88. The minimum Gasteiger partial charge on any atom is -0.539 e. The predicted molar refractivity (Wildman–Crippen MR) is 72.9 cm³/mol. The molecule has 0 unspecified atom stereocenters. The van der Waals surface area contributed by atoms with Crippen molar-refractivity contribution in [1.29, 1.82) is 0 Å². The fourth-order valence-electron chi connectivity index (χ4n) is 1.93. The van der Waals surface area contributed by atoms with Crippen LogP contribution in [0.4, 0.5) is 0 Å². The number of rotatable bonds is 3. The van der Waals surface area contributed by atoms with E-state index in [1.165, 1.54) is 10.9 Å². The molecule has 0 aliphatic carbocycles. The van der Waals surface area contributed by atoms with Crippen molar-refractivity contribution in [2.24, 2.45) is 0 Å². The van der Waals surface area contributed by atoms with Crippen molar-refractivity contribution in [3.05, 3.63) is 71.9 Å². The van der Waals surface area contributed by atoms with E-state index >= 15 is 0 Å². The van der Waals surface area contributed by atoms with Crippen LogP contribution in [0.5, 0.6) is 5.95 Å². The summed E-state index contributed by atoms with van der Waals surface area (Å²) < 4.78 is 6.01. The fourth-order valence-corrected chi connectivity index (χ4v) is 1.93. The first-order valence-electron chi connectivity index (χ1n) is 6.21. The molecule has 4 nitrogen and oxygen atoms in total. The van der Waals surface area contributed by atoms with Crippen molar-refractivity contribution >= 4 is 12.2 Å². The fraction of sp³-hybridized carbons (Fsp3) is 0. The number of nitrogens with zero attached hydrogens (tertiary/aromatic N) is 2. The molecule has 0 amide bonds. The minimum atomic E-state index is -0.466. The number of hydrogen-bond acceptors (Lipinski definition) is 3. The first-order chi connectivity index (χ1) is 9.83. The Hall–Kier alpha value is -2.88. The zero-order valence-corrected chi connectivity index (χ0v) is 10.6. The summed E-state index contributed by atoms with van der Waals surface area (Å²) in [5, 5.41) is 14.8. The van der Waals surface area contributed by atoms with Gasteiger partial charge in [0.1, 0.15) is 5.95 Å². The van der Waals surface area contributed by atoms with Crippen LogP contribution in [0.15, 0.2) is 65.3 Å². The zero-order valence-electron chi connectivity index (χ0n) is 10.6. The lowest BCUT2D eigenvalue weighted by Gasteiger charge is -1.96. The van der Waals surface area contributed by atoms with Crippen LogP contribution in [0.25, 0.3) is 17.8 Å². The van der Waals surface area contributed by atoms with Gasteiger partial charge in [-0.2, -0.15) is 0 Å². The summed E-state index contributed by atoms with van der Waals surface area (Å²) >= 11 is 0.